The maximum atomic E-state index is 14.5. The fourth-order valence-electron chi connectivity index (χ4n) is 8.00. The standard InChI is InChI=1S/C36H49N5O5S/c1-7-40(8-2)19-18-39(5)35(43)36-22-30(36)29-21-26(46-6)15-17-27(29)33-32(24-12-10-9-11-13-24)28-16-14-25(20-31(28)41(33)23-36)34(42)37-47(44,45)38(3)4/h14-17,20-21,24,30H,7-13,18-19,22-23H2,1-6H3,(H,37,42). The van der Waals surface area contributed by atoms with Crippen molar-refractivity contribution >= 4 is 32.9 Å². The van der Waals surface area contributed by atoms with Gasteiger partial charge >= 0.3 is 10.2 Å². The van der Waals surface area contributed by atoms with Crippen LogP contribution in [0.4, 0.5) is 0 Å². The van der Waals surface area contributed by atoms with Gasteiger partial charge in [0.2, 0.25) is 5.91 Å². The van der Waals surface area contributed by atoms with E-state index in [1.807, 2.05) is 30.1 Å². The Hall–Kier alpha value is -3.41. The van der Waals surface area contributed by atoms with Crippen molar-refractivity contribution in [1.29, 1.82) is 0 Å². The van der Waals surface area contributed by atoms with E-state index in [1.165, 1.54) is 26.1 Å². The lowest BCUT2D eigenvalue weighted by Crippen LogP contribution is -2.41. The van der Waals surface area contributed by atoms with Crippen LogP contribution < -0.4 is 9.46 Å². The van der Waals surface area contributed by atoms with Gasteiger partial charge in [0.15, 0.2) is 0 Å². The number of nitrogens with one attached hydrogen (secondary N) is 1. The van der Waals surface area contributed by atoms with Gasteiger partial charge in [0, 0.05) is 68.7 Å². The van der Waals surface area contributed by atoms with Gasteiger partial charge in [0.1, 0.15) is 5.75 Å². The number of carbonyl (C=O) groups excluding carboxylic acids is 2. The van der Waals surface area contributed by atoms with Gasteiger partial charge in [-0.2, -0.15) is 12.7 Å². The summed E-state index contributed by atoms with van der Waals surface area (Å²) in [5.74, 6) is 0.631. The third-order valence-corrected chi connectivity index (χ3v) is 12.3. The van der Waals surface area contributed by atoms with Crippen molar-refractivity contribution in [3.8, 4) is 17.0 Å². The molecular weight excluding hydrogens is 614 g/mol. The minimum Gasteiger partial charge on any atom is -0.497 e. The zero-order valence-electron chi connectivity index (χ0n) is 28.6. The number of hydrogen-bond acceptors (Lipinski definition) is 6. The molecule has 1 aliphatic heterocycles. The summed E-state index contributed by atoms with van der Waals surface area (Å²) in [6, 6.07) is 11.8. The lowest BCUT2D eigenvalue weighted by Gasteiger charge is -2.28. The van der Waals surface area contributed by atoms with E-state index in [4.69, 9.17) is 4.74 Å². The summed E-state index contributed by atoms with van der Waals surface area (Å²) in [6.45, 7) is 8.12. The van der Waals surface area contributed by atoms with E-state index in [1.54, 1.807) is 13.2 Å². The summed E-state index contributed by atoms with van der Waals surface area (Å²) < 4.78 is 36.3. The second-order valence-electron chi connectivity index (χ2n) is 13.8. The number of benzene rings is 2. The van der Waals surface area contributed by atoms with Gasteiger partial charge in [0.05, 0.1) is 18.2 Å². The molecule has 2 heterocycles. The average molecular weight is 664 g/mol. The van der Waals surface area contributed by atoms with E-state index < -0.39 is 21.5 Å². The van der Waals surface area contributed by atoms with Gasteiger partial charge in [-0.05, 0) is 79.7 Å². The quantitative estimate of drug-likeness (QED) is 0.303. The molecule has 2 aliphatic carbocycles. The smallest absolute Gasteiger partial charge is 0.303 e. The van der Waals surface area contributed by atoms with Crippen molar-refractivity contribution in [2.45, 2.75) is 70.8 Å². The molecule has 3 aliphatic rings. The fraction of sp³-hybridized carbons (Fsp3) is 0.556. The summed E-state index contributed by atoms with van der Waals surface area (Å²) in [6.07, 6.45) is 6.46. The molecule has 0 bridgehead atoms. The molecule has 1 N–H and O–H groups in total. The Kier molecular flexibility index (Phi) is 9.19. The van der Waals surface area contributed by atoms with Crippen molar-refractivity contribution < 1.29 is 22.7 Å². The molecule has 1 aromatic heterocycles. The first kappa shape index (κ1) is 33.5. The van der Waals surface area contributed by atoms with E-state index in [0.29, 0.717) is 19.0 Å². The van der Waals surface area contributed by atoms with Gasteiger partial charge < -0.3 is 19.1 Å². The third-order valence-electron chi connectivity index (χ3n) is 10.9. The molecule has 47 heavy (non-hydrogen) atoms. The first-order chi connectivity index (χ1) is 22.4. The highest BCUT2D eigenvalue weighted by Gasteiger charge is 2.63. The SMILES string of the molecule is CCN(CC)CCN(C)C(=O)C12CC1c1cc(OC)ccc1-c1c(C3CCCCC3)c3ccc(C(=O)NS(=O)(=O)N(C)C)cc3n1C2. The minimum atomic E-state index is -3.97. The highest BCUT2D eigenvalue weighted by atomic mass is 32.2. The molecule has 254 valence electrons. The Morgan fingerprint density at radius 2 is 1.72 bits per heavy atom. The topological polar surface area (TPSA) is 104 Å². The number of aromatic nitrogens is 1. The predicted octanol–water partition coefficient (Wildman–Crippen LogP) is 5.19. The molecule has 0 radical (unpaired) electrons. The molecule has 0 saturated heterocycles. The van der Waals surface area contributed by atoms with Crippen molar-refractivity contribution in [1.82, 2.24) is 23.4 Å². The van der Waals surface area contributed by atoms with Crippen LogP contribution in [0.3, 0.4) is 0 Å². The maximum absolute atomic E-state index is 14.5. The Labute approximate surface area is 279 Å². The predicted molar refractivity (Wildman–Crippen MR) is 185 cm³/mol. The van der Waals surface area contributed by atoms with Crippen LogP contribution in [0, 0.1) is 5.41 Å². The number of rotatable bonds is 11. The number of nitrogens with zero attached hydrogens (tertiary/aromatic N) is 4. The normalized spacial score (nSPS) is 20.8. The van der Waals surface area contributed by atoms with Crippen LogP contribution in [0.1, 0.15) is 85.7 Å². The molecular formula is C36H49N5O5S. The molecule has 3 aromatic rings. The number of amides is 2. The van der Waals surface area contributed by atoms with E-state index in [2.05, 4.69) is 40.2 Å². The molecule has 2 aromatic carbocycles. The van der Waals surface area contributed by atoms with Gasteiger partial charge in [-0.25, -0.2) is 4.72 Å². The lowest BCUT2D eigenvalue weighted by molar-refractivity contribution is -0.136. The monoisotopic (exact) mass is 663 g/mol. The lowest BCUT2D eigenvalue weighted by atomic mass is 9.81. The number of likely N-dealkylation sites (N-methyl/N-ethyl adjacent to an activating group) is 2. The van der Waals surface area contributed by atoms with Gasteiger partial charge in [0.25, 0.3) is 5.91 Å². The van der Waals surface area contributed by atoms with Crippen molar-refractivity contribution in [2.75, 3.05) is 54.4 Å². The Morgan fingerprint density at radius 3 is 2.38 bits per heavy atom. The molecule has 10 nitrogen and oxygen atoms in total. The van der Waals surface area contributed by atoms with Crippen LogP contribution in [-0.2, 0) is 21.5 Å². The molecule has 2 saturated carbocycles. The zero-order chi connectivity index (χ0) is 33.7. The van der Waals surface area contributed by atoms with Gasteiger partial charge in [-0.3, -0.25) is 9.59 Å². The third kappa shape index (κ3) is 5.95. The minimum absolute atomic E-state index is 0.0434. The highest BCUT2D eigenvalue weighted by Crippen LogP contribution is 2.66. The molecule has 2 atom stereocenters. The van der Waals surface area contributed by atoms with Crippen LogP contribution in [-0.4, -0.2) is 93.3 Å². The molecule has 2 unspecified atom stereocenters. The van der Waals surface area contributed by atoms with Crippen molar-refractivity contribution in [3.63, 3.8) is 0 Å². The van der Waals surface area contributed by atoms with Gasteiger partial charge in [-0.1, -0.05) is 39.2 Å². The molecule has 2 fully saturated rings. The number of methoxy groups -OCH3 is 1. The largest absolute Gasteiger partial charge is 0.497 e. The summed E-state index contributed by atoms with van der Waals surface area (Å²) in [4.78, 5) is 32.1. The van der Waals surface area contributed by atoms with E-state index >= 15 is 0 Å². The van der Waals surface area contributed by atoms with E-state index in [9.17, 15) is 18.0 Å². The number of carbonyl (C=O) groups is 2. The second-order valence-corrected chi connectivity index (χ2v) is 15.6. The number of fused-ring (bicyclic) bond motifs is 7. The Bertz CT molecular complexity index is 1790. The Balaban J connectivity index is 1.52. The zero-order valence-corrected chi connectivity index (χ0v) is 29.5. The number of hydrogen-bond donors (Lipinski definition) is 1. The summed E-state index contributed by atoms with van der Waals surface area (Å²) >= 11 is 0. The summed E-state index contributed by atoms with van der Waals surface area (Å²) in [7, 11) is 2.40. The van der Waals surface area contributed by atoms with Crippen LogP contribution in [0.5, 0.6) is 5.75 Å². The van der Waals surface area contributed by atoms with Gasteiger partial charge in [-0.15, -0.1) is 0 Å². The molecule has 0 spiro atoms. The first-order valence-electron chi connectivity index (χ1n) is 17.0. The molecule has 6 rings (SSSR count). The average Bonchev–Trinajstić information content (AvgIpc) is 3.74. The Morgan fingerprint density at radius 1 is 1.00 bits per heavy atom. The molecule has 2 amide bonds. The maximum Gasteiger partial charge on any atom is 0.303 e. The van der Waals surface area contributed by atoms with Crippen molar-refractivity contribution in [2.24, 2.45) is 5.41 Å². The van der Waals surface area contributed by atoms with E-state index in [0.717, 1.165) is 89.5 Å². The highest BCUT2D eigenvalue weighted by molar-refractivity contribution is 7.87. The fourth-order valence-corrected chi connectivity index (χ4v) is 8.54. The summed E-state index contributed by atoms with van der Waals surface area (Å²) in [5, 5.41) is 1.07. The second kappa shape index (κ2) is 12.9. The van der Waals surface area contributed by atoms with Crippen LogP contribution in [0.2, 0.25) is 0 Å². The number of ether oxygens (including phenoxy) is 1. The van der Waals surface area contributed by atoms with Crippen LogP contribution in [0.25, 0.3) is 22.2 Å². The van der Waals surface area contributed by atoms with Crippen LogP contribution >= 0.6 is 0 Å². The summed E-state index contributed by atoms with van der Waals surface area (Å²) in [5.41, 5.74) is 5.15. The first-order valence-corrected chi connectivity index (χ1v) is 18.5. The van der Waals surface area contributed by atoms with Crippen LogP contribution in [0.15, 0.2) is 36.4 Å². The molecule has 11 heteroatoms. The van der Waals surface area contributed by atoms with E-state index in [-0.39, 0.29) is 17.4 Å². The van der Waals surface area contributed by atoms with Crippen molar-refractivity contribution in [3.05, 3.63) is 53.1 Å².